The number of carbonyl (C=O) groups is 2. The highest BCUT2D eigenvalue weighted by molar-refractivity contribution is 6.03. The minimum Gasteiger partial charge on any atom is -0.493 e. The second kappa shape index (κ2) is 13.0. The summed E-state index contributed by atoms with van der Waals surface area (Å²) in [5, 5.41) is 3.65. The van der Waals surface area contributed by atoms with Gasteiger partial charge in [-0.3, -0.25) is 9.59 Å². The molecule has 0 aliphatic carbocycles. The topological polar surface area (TPSA) is 61.9 Å². The van der Waals surface area contributed by atoms with Gasteiger partial charge in [0.05, 0.1) is 12.6 Å². The largest absolute Gasteiger partial charge is 0.493 e. The quantitative estimate of drug-likeness (QED) is 0.384. The zero-order valence-electron chi connectivity index (χ0n) is 25.6. The number of piperazine rings is 1. The lowest BCUT2D eigenvalue weighted by Crippen LogP contribution is -2.61. The van der Waals surface area contributed by atoms with Crippen LogP contribution in [0.3, 0.4) is 0 Å². The van der Waals surface area contributed by atoms with Gasteiger partial charge in [-0.05, 0) is 78.6 Å². The number of likely N-dealkylation sites (N-methyl/N-ethyl adjacent to an activating group) is 1. The highest BCUT2D eigenvalue weighted by Gasteiger charge is 2.39. The van der Waals surface area contributed by atoms with Crippen molar-refractivity contribution >= 4 is 17.4 Å². The fraction of sp³-hybridized carbons (Fsp3) is 0.389. The third-order valence-electron chi connectivity index (χ3n) is 8.72. The molecule has 2 aliphatic heterocycles. The molecule has 0 unspecified atom stereocenters. The van der Waals surface area contributed by atoms with Gasteiger partial charge in [-0.15, -0.1) is 0 Å². The van der Waals surface area contributed by atoms with Gasteiger partial charge in [0, 0.05) is 51.6 Å². The van der Waals surface area contributed by atoms with Crippen molar-refractivity contribution in [2.75, 3.05) is 33.3 Å². The van der Waals surface area contributed by atoms with Crippen molar-refractivity contribution in [1.82, 2.24) is 15.1 Å². The van der Waals surface area contributed by atoms with Crippen LogP contribution in [0.25, 0.3) is 5.57 Å². The van der Waals surface area contributed by atoms with Crippen molar-refractivity contribution in [3.05, 3.63) is 106 Å². The SMILES string of the molecule is CC(=O)N1C[C@H]2CC(c3ccc(CCOc4cc(C)cc(C)c4C)cc3)=C(C(=O)N(C)CCc3ccccc3)[C@@H](C1)N2. The summed E-state index contributed by atoms with van der Waals surface area (Å²) in [6.07, 6.45) is 2.31. The zero-order chi connectivity index (χ0) is 29.8. The van der Waals surface area contributed by atoms with Gasteiger partial charge in [-0.2, -0.15) is 0 Å². The fourth-order valence-electron chi connectivity index (χ4n) is 6.18. The van der Waals surface area contributed by atoms with E-state index in [1.54, 1.807) is 6.92 Å². The first-order valence-corrected chi connectivity index (χ1v) is 15.0. The summed E-state index contributed by atoms with van der Waals surface area (Å²) in [7, 11) is 1.88. The Morgan fingerprint density at radius 1 is 0.952 bits per heavy atom. The molecule has 0 saturated carbocycles. The van der Waals surface area contributed by atoms with E-state index in [4.69, 9.17) is 4.74 Å². The second-order valence-corrected chi connectivity index (χ2v) is 11.9. The number of nitrogens with zero attached hydrogens (tertiary/aromatic N) is 2. The summed E-state index contributed by atoms with van der Waals surface area (Å²) in [5.74, 6) is 1.04. The zero-order valence-corrected chi connectivity index (χ0v) is 25.6. The number of aryl methyl sites for hydroxylation is 2. The lowest BCUT2D eigenvalue weighted by molar-refractivity contribution is -0.132. The highest BCUT2D eigenvalue weighted by atomic mass is 16.5. The molecule has 220 valence electrons. The second-order valence-electron chi connectivity index (χ2n) is 11.9. The van der Waals surface area contributed by atoms with E-state index in [1.165, 1.54) is 27.8 Å². The van der Waals surface area contributed by atoms with E-state index in [2.05, 4.69) is 74.6 Å². The normalized spacial score (nSPS) is 18.2. The van der Waals surface area contributed by atoms with Gasteiger partial charge in [-0.25, -0.2) is 0 Å². The van der Waals surface area contributed by atoms with Crippen LogP contribution in [0.15, 0.2) is 72.3 Å². The van der Waals surface area contributed by atoms with E-state index < -0.39 is 0 Å². The lowest BCUT2D eigenvalue weighted by atomic mass is 9.82. The molecule has 5 rings (SSSR count). The third kappa shape index (κ3) is 6.76. The standard InChI is InChI=1S/C36H43N3O3/c1-24-19-25(2)26(3)34(20-24)42-18-16-29-11-13-30(14-12-29)32-21-31-22-39(27(4)40)23-33(37-31)35(32)36(41)38(5)17-15-28-9-7-6-8-10-28/h6-14,19-20,31,33,37H,15-18,21-23H2,1-5H3/t31-,33-/m1/s1. The molecule has 3 aromatic rings. The van der Waals surface area contributed by atoms with Gasteiger partial charge < -0.3 is 19.9 Å². The number of hydrogen-bond acceptors (Lipinski definition) is 4. The lowest BCUT2D eigenvalue weighted by Gasteiger charge is -2.44. The average molecular weight is 566 g/mol. The monoisotopic (exact) mass is 565 g/mol. The predicted molar refractivity (Wildman–Crippen MR) is 169 cm³/mol. The Bertz CT molecular complexity index is 1460. The summed E-state index contributed by atoms with van der Waals surface area (Å²) in [6, 6.07) is 23.1. The van der Waals surface area contributed by atoms with Gasteiger partial charge in [0.2, 0.25) is 5.91 Å². The van der Waals surface area contributed by atoms with Gasteiger partial charge in [0.1, 0.15) is 5.75 Å². The number of rotatable bonds is 9. The molecular formula is C36H43N3O3. The number of amides is 2. The van der Waals surface area contributed by atoms with Crippen LogP contribution in [-0.2, 0) is 22.4 Å². The van der Waals surface area contributed by atoms with Gasteiger partial charge in [0.25, 0.3) is 5.91 Å². The van der Waals surface area contributed by atoms with Gasteiger partial charge >= 0.3 is 0 Å². The number of fused-ring (bicyclic) bond motifs is 2. The first kappa shape index (κ1) is 29.6. The first-order valence-electron chi connectivity index (χ1n) is 15.0. The molecule has 42 heavy (non-hydrogen) atoms. The number of nitrogens with one attached hydrogen (secondary N) is 1. The Kier molecular flexibility index (Phi) is 9.12. The Labute approximate surface area is 250 Å². The third-order valence-corrected chi connectivity index (χ3v) is 8.72. The minimum atomic E-state index is -0.183. The van der Waals surface area contributed by atoms with Crippen LogP contribution in [0.4, 0.5) is 0 Å². The first-order chi connectivity index (χ1) is 20.2. The maximum atomic E-state index is 14.0. The molecule has 0 radical (unpaired) electrons. The number of ether oxygens (including phenoxy) is 1. The van der Waals surface area contributed by atoms with Crippen molar-refractivity contribution < 1.29 is 14.3 Å². The van der Waals surface area contributed by atoms with E-state index in [1.807, 2.05) is 35.0 Å². The van der Waals surface area contributed by atoms with E-state index in [0.29, 0.717) is 32.7 Å². The van der Waals surface area contributed by atoms with E-state index in [9.17, 15) is 9.59 Å². The molecule has 2 atom stereocenters. The van der Waals surface area contributed by atoms with E-state index in [-0.39, 0.29) is 23.9 Å². The number of hydrogen-bond donors (Lipinski definition) is 1. The van der Waals surface area contributed by atoms with Crippen molar-refractivity contribution in [3.63, 3.8) is 0 Å². The molecule has 2 amide bonds. The minimum absolute atomic E-state index is 0.0311. The Hall–Kier alpha value is -3.90. The molecule has 1 saturated heterocycles. The Balaban J connectivity index is 1.34. The van der Waals surface area contributed by atoms with Crippen molar-refractivity contribution in [2.24, 2.45) is 0 Å². The van der Waals surface area contributed by atoms with Crippen LogP contribution in [0.5, 0.6) is 5.75 Å². The smallest absolute Gasteiger partial charge is 0.251 e. The Morgan fingerprint density at radius 2 is 1.67 bits per heavy atom. The summed E-state index contributed by atoms with van der Waals surface area (Å²) >= 11 is 0. The van der Waals surface area contributed by atoms with Crippen LogP contribution in [0.2, 0.25) is 0 Å². The molecule has 6 nitrogen and oxygen atoms in total. The molecule has 2 heterocycles. The van der Waals surface area contributed by atoms with Gasteiger partial charge in [0.15, 0.2) is 0 Å². The molecule has 2 aliphatic rings. The summed E-state index contributed by atoms with van der Waals surface area (Å²) in [5.41, 5.74) is 9.01. The highest BCUT2D eigenvalue weighted by Crippen LogP contribution is 2.34. The summed E-state index contributed by atoms with van der Waals surface area (Å²) in [6.45, 7) is 10.3. The molecule has 0 aromatic heterocycles. The molecule has 6 heteroatoms. The van der Waals surface area contributed by atoms with E-state index >= 15 is 0 Å². The number of carbonyl (C=O) groups excluding carboxylic acids is 2. The predicted octanol–water partition coefficient (Wildman–Crippen LogP) is 5.28. The van der Waals surface area contributed by atoms with E-state index in [0.717, 1.165) is 35.3 Å². The van der Waals surface area contributed by atoms with Crippen molar-refractivity contribution in [3.8, 4) is 5.75 Å². The maximum Gasteiger partial charge on any atom is 0.251 e. The summed E-state index contributed by atoms with van der Waals surface area (Å²) in [4.78, 5) is 30.0. The van der Waals surface area contributed by atoms with Crippen molar-refractivity contribution in [2.45, 2.75) is 59.0 Å². The molecular weight excluding hydrogens is 522 g/mol. The van der Waals surface area contributed by atoms with Crippen LogP contribution < -0.4 is 10.1 Å². The average Bonchev–Trinajstić information content (AvgIpc) is 2.98. The maximum absolute atomic E-state index is 14.0. The van der Waals surface area contributed by atoms with Crippen LogP contribution in [-0.4, -0.2) is 67.0 Å². The number of benzene rings is 3. The molecule has 0 spiro atoms. The summed E-state index contributed by atoms with van der Waals surface area (Å²) < 4.78 is 6.16. The molecule has 3 aromatic carbocycles. The molecule has 1 fully saturated rings. The fourth-order valence-corrected chi connectivity index (χ4v) is 6.18. The molecule has 2 bridgehead atoms. The van der Waals surface area contributed by atoms with Crippen molar-refractivity contribution in [1.29, 1.82) is 0 Å². The van der Waals surface area contributed by atoms with Crippen LogP contribution >= 0.6 is 0 Å². The Morgan fingerprint density at radius 3 is 2.38 bits per heavy atom. The molecule has 1 N–H and O–H groups in total. The van der Waals surface area contributed by atoms with Gasteiger partial charge in [-0.1, -0.05) is 60.7 Å². The van der Waals surface area contributed by atoms with Crippen LogP contribution in [0, 0.1) is 20.8 Å². The van der Waals surface area contributed by atoms with Crippen LogP contribution in [0.1, 0.15) is 46.7 Å².